The molecule has 0 rings (SSSR count). The standard InChI is InChI=1S/2Cr.FH.2Na.7O/h;;1H;;;;;;;;;/q;;;2*+1;;;;;;2*-1. The fraction of sp³-hybridized carbons (Fsp3) is 0. The van der Waals surface area contributed by atoms with Crippen molar-refractivity contribution in [3.05, 3.63) is 0 Å². The molecule has 0 aliphatic heterocycles. The first-order valence-corrected chi connectivity index (χ1v) is 5.50. The van der Waals surface area contributed by atoms with Crippen LogP contribution in [0.5, 0.6) is 0 Å². The third-order valence-electron chi connectivity index (χ3n) is 0.167. The molecule has 0 fully saturated rings. The maximum absolute atomic E-state index is 9.38. The molecule has 0 heterocycles. The molecule has 0 saturated carbocycles. The van der Waals surface area contributed by atoms with E-state index in [-0.39, 0.29) is 63.8 Å². The molecule has 0 aromatic carbocycles. The van der Waals surface area contributed by atoms with Crippen molar-refractivity contribution >= 4 is 0 Å². The first-order chi connectivity index (χ1) is 3.71. The van der Waals surface area contributed by atoms with E-state index in [1.54, 1.807) is 0 Å². The van der Waals surface area contributed by atoms with Gasteiger partial charge in [-0.25, -0.2) is 0 Å². The van der Waals surface area contributed by atoms with Gasteiger partial charge in [0.15, 0.2) is 0 Å². The molecule has 0 amide bonds. The molecule has 7 nitrogen and oxygen atoms in total. The van der Waals surface area contributed by atoms with E-state index in [4.69, 9.17) is 0 Å². The second-order valence-electron chi connectivity index (χ2n) is 0.885. The molecule has 0 aliphatic rings. The van der Waals surface area contributed by atoms with Gasteiger partial charge in [0.05, 0.1) is 0 Å². The number of rotatable bonds is 2. The van der Waals surface area contributed by atoms with Crippen LogP contribution < -0.4 is 67.4 Å². The van der Waals surface area contributed by atoms with E-state index in [0.717, 1.165) is 0 Å². The Morgan fingerprint density at radius 3 is 1.00 bits per heavy atom. The third kappa shape index (κ3) is 22.7. The predicted molar refractivity (Wildman–Crippen MR) is 6.33 cm³/mol. The van der Waals surface area contributed by atoms with Gasteiger partial charge in [-0.05, 0) is 0 Å². The number of hydrogen-bond acceptors (Lipinski definition) is 7. The summed E-state index contributed by atoms with van der Waals surface area (Å²) in [5.74, 6) is 0. The Kier molecular flexibility index (Phi) is 16.6. The van der Waals surface area contributed by atoms with Gasteiger partial charge in [0, 0.05) is 0 Å². The van der Waals surface area contributed by atoms with Gasteiger partial charge in [0.25, 0.3) is 0 Å². The predicted octanol–water partition coefficient (Wildman–Crippen LogP) is -8.77. The summed E-state index contributed by atoms with van der Waals surface area (Å²) in [5, 5.41) is 0. The Balaban J connectivity index is -0.000000107. The Labute approximate surface area is 116 Å². The van der Waals surface area contributed by atoms with Gasteiger partial charge in [-0.15, -0.1) is 0 Å². The second kappa shape index (κ2) is 8.39. The fourth-order valence-electron chi connectivity index (χ4n) is 0.102. The molecule has 0 saturated heterocycles. The van der Waals surface area contributed by atoms with E-state index >= 15 is 0 Å². The van der Waals surface area contributed by atoms with Gasteiger partial charge < -0.3 is 0 Å². The average molecular weight is 282 g/mol. The van der Waals surface area contributed by atoms with Crippen molar-refractivity contribution in [2.75, 3.05) is 0 Å². The second-order valence-corrected chi connectivity index (χ2v) is 4.52. The van der Waals surface area contributed by atoms with Crippen molar-refractivity contribution in [3.63, 3.8) is 0 Å². The first kappa shape index (κ1) is 23.7. The van der Waals surface area contributed by atoms with Crippen LogP contribution in [0.2, 0.25) is 0 Å². The molecule has 12 heavy (non-hydrogen) atoms. The summed E-state index contributed by atoms with van der Waals surface area (Å²) in [5.41, 5.74) is 0. The molecule has 0 radical (unpaired) electrons. The number of halogens is 1. The first-order valence-electron chi connectivity index (χ1n) is 1.33. The quantitative estimate of drug-likeness (QED) is 0.460. The Morgan fingerprint density at radius 2 is 1.00 bits per heavy atom. The fourth-order valence-corrected chi connectivity index (χ4v) is 1.74. The van der Waals surface area contributed by atoms with Crippen molar-refractivity contribution in [1.82, 2.24) is 0 Å². The summed E-state index contributed by atoms with van der Waals surface area (Å²) in [6.45, 7) is 0. The molecule has 0 aromatic heterocycles. The van der Waals surface area contributed by atoms with Crippen molar-refractivity contribution in [1.29, 1.82) is 0 Å². The summed E-state index contributed by atoms with van der Waals surface area (Å²) < 4.78 is 58.9. The van der Waals surface area contributed by atoms with Crippen molar-refractivity contribution in [2.45, 2.75) is 0 Å². The van der Waals surface area contributed by atoms with Crippen LogP contribution in [0.1, 0.15) is 0 Å². The average Bonchev–Trinajstić information content (AvgIpc) is 1.14. The van der Waals surface area contributed by atoms with Gasteiger partial charge in [0.2, 0.25) is 0 Å². The van der Waals surface area contributed by atoms with Crippen molar-refractivity contribution in [2.24, 2.45) is 0 Å². The molecular weight excluding hydrogens is 281 g/mol. The molecule has 0 bridgehead atoms. The summed E-state index contributed by atoms with van der Waals surface area (Å²) in [6.07, 6.45) is 0. The van der Waals surface area contributed by atoms with Crippen LogP contribution >= 0.6 is 0 Å². The Morgan fingerprint density at radius 1 is 0.833 bits per heavy atom. The topological polar surface area (TPSA) is 124 Å². The Hall–Kier alpha value is 2.07. The van der Waals surface area contributed by atoms with E-state index in [1.165, 1.54) is 0 Å². The molecule has 0 aliphatic carbocycles. The van der Waals surface area contributed by atoms with Gasteiger partial charge in [-0.3, -0.25) is 4.70 Å². The van der Waals surface area contributed by atoms with Crippen LogP contribution in [0, 0.1) is 0 Å². The third-order valence-corrected chi connectivity index (χ3v) is 2.83. The molecule has 0 atom stereocenters. The maximum atomic E-state index is 9.38. The van der Waals surface area contributed by atoms with E-state index in [2.05, 4.69) is 2.84 Å². The van der Waals surface area contributed by atoms with Crippen molar-refractivity contribution in [3.8, 4) is 0 Å². The molecular formula is HCr2FNa2O7. The SMILES string of the molecule is F.[Na+].[Na+].[O]=[Cr](=[O])([O-])[O][Cr](=[O])(=[O])[O-]. The van der Waals surface area contributed by atoms with E-state index in [0.29, 0.717) is 0 Å². The molecule has 12 heteroatoms. The summed E-state index contributed by atoms with van der Waals surface area (Å²) in [7, 11) is 0. The zero-order valence-corrected chi connectivity index (χ0v) is 12.6. The Bertz CT molecular complexity index is 245. The van der Waals surface area contributed by atoms with Crippen LogP contribution in [-0.4, -0.2) is 0 Å². The van der Waals surface area contributed by atoms with E-state index in [1.807, 2.05) is 0 Å². The van der Waals surface area contributed by atoms with Crippen molar-refractivity contribution < 1.29 is 117 Å². The molecule has 0 aromatic rings. The van der Waals surface area contributed by atoms with Gasteiger partial charge in [-0.1, -0.05) is 0 Å². The zero-order chi connectivity index (χ0) is 7.71. The van der Waals surface area contributed by atoms with Gasteiger partial charge in [-0.2, -0.15) is 0 Å². The van der Waals surface area contributed by atoms with E-state index < -0.39 is 27.2 Å². The minimum absolute atomic E-state index is 0. The summed E-state index contributed by atoms with van der Waals surface area (Å²) >= 11 is -12.1. The summed E-state index contributed by atoms with van der Waals surface area (Å²) in [6, 6.07) is 0. The molecule has 64 valence electrons. The van der Waals surface area contributed by atoms with Gasteiger partial charge >= 0.3 is 113 Å². The van der Waals surface area contributed by atoms with Crippen LogP contribution in [0.3, 0.4) is 0 Å². The monoisotopic (exact) mass is 282 g/mol. The van der Waals surface area contributed by atoms with Crippen LogP contribution in [0.15, 0.2) is 0 Å². The molecule has 0 N–H and O–H groups in total. The number of hydrogen-bond donors (Lipinski definition) is 0. The summed E-state index contributed by atoms with van der Waals surface area (Å²) in [4.78, 5) is 0. The van der Waals surface area contributed by atoms with Crippen LogP contribution in [0.25, 0.3) is 0 Å². The van der Waals surface area contributed by atoms with E-state index in [9.17, 15) is 23.5 Å². The molecule has 0 spiro atoms. The van der Waals surface area contributed by atoms with Gasteiger partial charge in [0.1, 0.15) is 0 Å². The van der Waals surface area contributed by atoms with Crippen LogP contribution in [-0.2, 0) is 45.3 Å². The van der Waals surface area contributed by atoms with Crippen LogP contribution in [0.4, 0.5) is 4.70 Å². The normalized spacial score (nSPS) is 10.2. The zero-order valence-electron chi connectivity index (χ0n) is 6.08. The molecule has 0 unspecified atom stereocenters. The minimum atomic E-state index is -6.07.